The van der Waals surface area contributed by atoms with Crippen LogP contribution >= 0.6 is 0 Å². The van der Waals surface area contributed by atoms with Gasteiger partial charge in [0.1, 0.15) is 23.3 Å². The van der Waals surface area contributed by atoms with Gasteiger partial charge in [0.25, 0.3) is 0 Å². The monoisotopic (exact) mass is 755 g/mol. The van der Waals surface area contributed by atoms with E-state index >= 15 is 0 Å². The van der Waals surface area contributed by atoms with Crippen molar-refractivity contribution in [2.45, 2.75) is 96.1 Å². The Hall–Kier alpha value is -5.65. The number of H-pyrrole nitrogens is 2. The molecular formula is C44H49N7O5. The summed E-state index contributed by atoms with van der Waals surface area (Å²) in [5, 5.41) is 5.00. The van der Waals surface area contributed by atoms with E-state index < -0.39 is 17.7 Å². The Morgan fingerprint density at radius 2 is 1.41 bits per heavy atom. The first kappa shape index (κ1) is 36.0. The highest BCUT2D eigenvalue weighted by Gasteiger charge is 2.57. The molecule has 4 fully saturated rings. The van der Waals surface area contributed by atoms with Crippen molar-refractivity contribution in [2.75, 3.05) is 7.11 Å². The van der Waals surface area contributed by atoms with Crippen molar-refractivity contribution in [3.05, 3.63) is 84.7 Å². The van der Waals surface area contributed by atoms with Crippen molar-refractivity contribution >= 4 is 28.9 Å². The van der Waals surface area contributed by atoms with Gasteiger partial charge in [-0.2, -0.15) is 0 Å². The molecule has 2 aromatic heterocycles. The third-order valence-electron chi connectivity index (χ3n) is 11.9. The zero-order valence-electron chi connectivity index (χ0n) is 32.7. The fraction of sp³-hybridized carbons (Fsp3) is 0.432. The molecule has 0 spiro atoms. The quantitative estimate of drug-likeness (QED) is 0.144. The van der Waals surface area contributed by atoms with Crippen molar-refractivity contribution < 1.29 is 23.9 Å². The number of hydrogen-bond acceptors (Lipinski definition) is 7. The molecule has 2 aliphatic carbocycles. The molecule has 0 bridgehead atoms. The molecule has 4 heterocycles. The van der Waals surface area contributed by atoms with Gasteiger partial charge in [-0.05, 0) is 98.2 Å². The number of imidazole rings is 2. The number of fused-ring (bicyclic) bond motifs is 3. The zero-order valence-corrected chi connectivity index (χ0v) is 32.7. The van der Waals surface area contributed by atoms with Crippen LogP contribution in [0.4, 0.5) is 9.59 Å². The molecule has 7 atom stereocenters. The molecule has 2 aliphatic heterocycles. The smallest absolute Gasteiger partial charge is 0.411 e. The highest BCUT2D eigenvalue weighted by atomic mass is 16.6. The van der Waals surface area contributed by atoms with Gasteiger partial charge in [0.2, 0.25) is 5.91 Å². The molecule has 3 amide bonds. The third-order valence-corrected chi connectivity index (χ3v) is 11.9. The molecule has 2 saturated heterocycles. The van der Waals surface area contributed by atoms with Gasteiger partial charge >= 0.3 is 12.2 Å². The summed E-state index contributed by atoms with van der Waals surface area (Å²) >= 11 is 0. The van der Waals surface area contributed by atoms with E-state index in [2.05, 4.69) is 75.9 Å². The Morgan fingerprint density at radius 3 is 2.07 bits per heavy atom. The van der Waals surface area contributed by atoms with E-state index in [1.54, 1.807) is 0 Å². The van der Waals surface area contributed by atoms with Gasteiger partial charge in [-0.1, -0.05) is 62.4 Å². The van der Waals surface area contributed by atoms with Crippen LogP contribution in [0.5, 0.6) is 0 Å². The summed E-state index contributed by atoms with van der Waals surface area (Å²) in [7, 11) is 1.31. The number of benzene rings is 3. The average molecular weight is 756 g/mol. The van der Waals surface area contributed by atoms with Crippen LogP contribution < -0.4 is 5.32 Å². The molecule has 0 unspecified atom stereocenters. The molecule has 3 aromatic carbocycles. The highest BCUT2D eigenvalue weighted by molar-refractivity contribution is 5.91. The Kier molecular flexibility index (Phi) is 8.70. The number of amides is 3. The summed E-state index contributed by atoms with van der Waals surface area (Å²) in [5.74, 6) is 2.37. The Morgan fingerprint density at radius 1 is 0.804 bits per heavy atom. The predicted molar refractivity (Wildman–Crippen MR) is 212 cm³/mol. The summed E-state index contributed by atoms with van der Waals surface area (Å²) in [6.45, 7) is 9.56. The van der Waals surface area contributed by atoms with Crippen LogP contribution in [0.1, 0.15) is 84.0 Å². The minimum absolute atomic E-state index is 0.0883. The first-order valence-electron chi connectivity index (χ1n) is 19.8. The molecule has 12 nitrogen and oxygen atoms in total. The van der Waals surface area contributed by atoms with Gasteiger partial charge in [0.15, 0.2) is 0 Å². The fourth-order valence-electron chi connectivity index (χ4n) is 8.89. The van der Waals surface area contributed by atoms with Crippen LogP contribution in [0.2, 0.25) is 0 Å². The van der Waals surface area contributed by atoms with E-state index in [1.165, 1.54) is 7.11 Å². The molecular weight excluding hydrogens is 707 g/mol. The molecule has 12 heteroatoms. The minimum atomic E-state index is -0.667. The van der Waals surface area contributed by atoms with Gasteiger partial charge in [-0.3, -0.25) is 9.69 Å². The summed E-state index contributed by atoms with van der Waals surface area (Å²) in [6.07, 6.45) is 6.69. The van der Waals surface area contributed by atoms with Gasteiger partial charge in [0.05, 0.1) is 36.8 Å². The number of carbonyl (C=O) groups excluding carboxylic acids is 3. The number of likely N-dealkylation sites (tertiary alicyclic amines) is 2. The number of piperidine rings is 2. The number of aromatic nitrogens is 4. The molecule has 9 rings (SSSR count). The second-order valence-corrected chi connectivity index (χ2v) is 17.3. The number of nitrogens with one attached hydrogen (secondary N) is 3. The molecule has 5 aromatic rings. The number of nitrogens with zero attached hydrogens (tertiary/aromatic N) is 4. The third kappa shape index (κ3) is 6.68. The van der Waals surface area contributed by atoms with Crippen LogP contribution in [0.3, 0.4) is 0 Å². The average Bonchev–Trinajstić information content (AvgIpc) is 3.76. The standard InChI is InChI=1S/C44H49N7O5/c1-23(2)38(49-42(53)55-6)41(52)50-34-17-30(34)19-36(50)39-45-21-32(47-39)25-9-7-24(8-10-25)26-11-12-28-16-29(14-13-27(28)15-26)33-22-46-40(48-33)37-20-31-18-35(31)51(37)43(54)56-44(3,4)5/h7-16,21-23,30-31,34-38H,17-20H2,1-6H3,(H,45,47)(H,46,48)(H,49,53)/t30-,31-,34-,35-,36+,37-,38+/m1/s1. The van der Waals surface area contributed by atoms with Gasteiger partial charge in [-0.15, -0.1) is 0 Å². The van der Waals surface area contributed by atoms with Crippen LogP contribution in [0.15, 0.2) is 73.1 Å². The molecule has 2 saturated carbocycles. The van der Waals surface area contributed by atoms with Crippen molar-refractivity contribution in [1.29, 1.82) is 0 Å². The first-order valence-corrected chi connectivity index (χ1v) is 19.8. The normalized spacial score (nSPS) is 24.2. The summed E-state index contributed by atoms with van der Waals surface area (Å²) in [4.78, 5) is 59.3. The fourth-order valence-corrected chi connectivity index (χ4v) is 8.89. The maximum Gasteiger partial charge on any atom is 0.411 e. The van der Waals surface area contributed by atoms with Gasteiger partial charge in [0, 0.05) is 29.4 Å². The number of rotatable bonds is 8. The van der Waals surface area contributed by atoms with Gasteiger partial charge < -0.3 is 29.7 Å². The lowest BCUT2D eigenvalue weighted by Gasteiger charge is -2.31. The second kappa shape index (κ2) is 13.5. The Balaban J connectivity index is 0.884. The number of alkyl carbamates (subject to hydrolysis) is 1. The predicted octanol–water partition coefficient (Wildman–Crippen LogP) is 8.40. The van der Waals surface area contributed by atoms with Crippen molar-refractivity contribution in [1.82, 2.24) is 35.1 Å². The molecule has 56 heavy (non-hydrogen) atoms. The van der Waals surface area contributed by atoms with E-state index in [1.807, 2.05) is 56.8 Å². The van der Waals surface area contributed by atoms with Crippen LogP contribution in [-0.2, 0) is 14.3 Å². The maximum atomic E-state index is 13.8. The van der Waals surface area contributed by atoms with Gasteiger partial charge in [-0.25, -0.2) is 19.6 Å². The summed E-state index contributed by atoms with van der Waals surface area (Å²) in [5.41, 5.74) is 5.44. The lowest BCUT2D eigenvalue weighted by Crippen LogP contribution is -2.52. The molecule has 3 N–H and O–H groups in total. The zero-order chi connectivity index (χ0) is 39.0. The highest BCUT2D eigenvalue weighted by Crippen LogP contribution is 2.54. The van der Waals surface area contributed by atoms with Crippen LogP contribution in [-0.4, -0.2) is 78.7 Å². The van der Waals surface area contributed by atoms with E-state index in [0.717, 1.165) is 81.7 Å². The van der Waals surface area contributed by atoms with Crippen molar-refractivity contribution in [2.24, 2.45) is 17.8 Å². The van der Waals surface area contributed by atoms with E-state index in [-0.39, 0.29) is 42.1 Å². The molecule has 0 radical (unpaired) electrons. The van der Waals surface area contributed by atoms with Crippen LogP contribution in [0.25, 0.3) is 44.4 Å². The van der Waals surface area contributed by atoms with Crippen molar-refractivity contribution in [3.63, 3.8) is 0 Å². The van der Waals surface area contributed by atoms with E-state index in [0.29, 0.717) is 11.8 Å². The number of methoxy groups -OCH3 is 1. The topological polar surface area (TPSA) is 146 Å². The lowest BCUT2D eigenvalue weighted by molar-refractivity contribution is -0.136. The maximum absolute atomic E-state index is 13.8. The lowest BCUT2D eigenvalue weighted by atomic mass is 9.98. The van der Waals surface area contributed by atoms with Crippen LogP contribution in [0, 0.1) is 17.8 Å². The second-order valence-electron chi connectivity index (χ2n) is 17.3. The van der Waals surface area contributed by atoms with Crippen molar-refractivity contribution in [3.8, 4) is 33.6 Å². The first-order chi connectivity index (χ1) is 26.8. The largest absolute Gasteiger partial charge is 0.453 e. The number of aromatic amines is 2. The summed E-state index contributed by atoms with van der Waals surface area (Å²) < 4.78 is 10.6. The molecule has 4 aliphatic rings. The summed E-state index contributed by atoms with van der Waals surface area (Å²) in [6, 6.07) is 20.8. The number of hydrogen-bond donors (Lipinski definition) is 3. The molecule has 290 valence electrons. The SMILES string of the molecule is COC(=O)N[C@H](C(=O)N1[C@@H]2C[C@@H]2C[C@H]1c1nc(-c2ccc(-c3ccc4cc(-c5cnc([C@H]6C[C@H]7C[C@H]7N6C(=O)OC(C)(C)C)[nH]5)ccc4c3)cc2)c[nH]1)C(C)C. The number of ether oxygens (including phenoxy) is 2. The number of carbonyl (C=O) groups is 3. The Labute approximate surface area is 326 Å². The Bertz CT molecular complexity index is 2320. The van der Waals surface area contributed by atoms with E-state index in [4.69, 9.17) is 19.4 Å². The van der Waals surface area contributed by atoms with E-state index in [9.17, 15) is 14.4 Å². The minimum Gasteiger partial charge on any atom is -0.453 e.